The fourth-order valence-corrected chi connectivity index (χ4v) is 4.43. The van der Waals surface area contributed by atoms with Gasteiger partial charge < -0.3 is 5.32 Å². The second-order valence-corrected chi connectivity index (χ2v) is 8.72. The van der Waals surface area contributed by atoms with E-state index in [2.05, 4.69) is 5.32 Å². The summed E-state index contributed by atoms with van der Waals surface area (Å²) in [6, 6.07) is 24.4. The normalized spacial score (nSPS) is 12.2. The molecule has 29 heavy (non-hydrogen) atoms. The van der Waals surface area contributed by atoms with E-state index < -0.39 is 10.0 Å². The summed E-state index contributed by atoms with van der Waals surface area (Å²) in [6.07, 6.45) is 0. The average Bonchev–Trinajstić information content (AvgIpc) is 2.73. The molecule has 3 aromatic carbocycles. The fraction of sp³-hybridized carbons (Fsp3) is 0.174. The van der Waals surface area contributed by atoms with Crippen LogP contribution in [0.25, 0.3) is 0 Å². The highest BCUT2D eigenvalue weighted by molar-refractivity contribution is 7.92. The van der Waals surface area contributed by atoms with Crippen LogP contribution in [0, 0.1) is 6.92 Å². The largest absolute Gasteiger partial charge is 0.348 e. The third-order valence-electron chi connectivity index (χ3n) is 4.62. The minimum atomic E-state index is -3.88. The lowest BCUT2D eigenvalue weighted by atomic mass is 10.1. The van der Waals surface area contributed by atoms with Crippen LogP contribution in [-0.2, 0) is 14.8 Å². The van der Waals surface area contributed by atoms with Crippen molar-refractivity contribution in [2.24, 2.45) is 0 Å². The summed E-state index contributed by atoms with van der Waals surface area (Å²) in [5.74, 6) is -0.374. The first-order chi connectivity index (χ1) is 13.9. The molecule has 6 heteroatoms. The van der Waals surface area contributed by atoms with Crippen LogP contribution in [-0.4, -0.2) is 20.9 Å². The highest BCUT2D eigenvalue weighted by Crippen LogP contribution is 2.23. The van der Waals surface area contributed by atoms with Crippen LogP contribution >= 0.6 is 0 Å². The topological polar surface area (TPSA) is 66.5 Å². The number of hydrogen-bond donors (Lipinski definition) is 1. The molecule has 0 bridgehead atoms. The van der Waals surface area contributed by atoms with E-state index in [1.807, 2.05) is 38.1 Å². The number of para-hydroxylation sites is 1. The molecule has 5 nitrogen and oxygen atoms in total. The Balaban J connectivity index is 1.84. The molecule has 0 saturated heterocycles. The number of benzene rings is 3. The first-order valence-corrected chi connectivity index (χ1v) is 10.8. The summed E-state index contributed by atoms with van der Waals surface area (Å²) in [7, 11) is -3.88. The third kappa shape index (κ3) is 5.03. The maximum absolute atomic E-state index is 13.2. The number of nitrogens with zero attached hydrogens (tertiary/aromatic N) is 1. The monoisotopic (exact) mass is 408 g/mol. The molecule has 1 unspecified atom stereocenters. The number of sulfonamides is 1. The zero-order valence-corrected chi connectivity index (χ0v) is 17.3. The Morgan fingerprint density at radius 1 is 0.897 bits per heavy atom. The lowest BCUT2D eigenvalue weighted by molar-refractivity contribution is -0.120. The molecule has 150 valence electrons. The van der Waals surface area contributed by atoms with Crippen molar-refractivity contribution in [2.75, 3.05) is 10.8 Å². The lowest BCUT2D eigenvalue weighted by Crippen LogP contribution is -2.41. The molecule has 0 aliphatic heterocycles. The molecule has 1 N–H and O–H groups in total. The summed E-state index contributed by atoms with van der Waals surface area (Å²) >= 11 is 0. The van der Waals surface area contributed by atoms with Gasteiger partial charge in [-0.2, -0.15) is 0 Å². The van der Waals surface area contributed by atoms with Crippen LogP contribution in [0.3, 0.4) is 0 Å². The molecule has 1 atom stereocenters. The van der Waals surface area contributed by atoms with Crippen molar-refractivity contribution in [3.63, 3.8) is 0 Å². The van der Waals surface area contributed by atoms with Crippen LogP contribution in [0.2, 0.25) is 0 Å². The molecule has 0 fully saturated rings. The molecule has 0 spiro atoms. The van der Waals surface area contributed by atoms with Crippen molar-refractivity contribution >= 4 is 21.6 Å². The van der Waals surface area contributed by atoms with Crippen LogP contribution in [0.1, 0.15) is 24.1 Å². The summed E-state index contributed by atoms with van der Waals surface area (Å²) < 4.78 is 27.6. The molecule has 0 aromatic heterocycles. The van der Waals surface area contributed by atoms with Gasteiger partial charge in [-0.05, 0) is 43.7 Å². The standard InChI is InChI=1S/C23H24N2O3S/c1-18-13-15-20(16-14-18)19(2)24-23(26)17-25(21-9-5-3-6-10-21)29(27,28)22-11-7-4-8-12-22/h3-16,19H,17H2,1-2H3,(H,24,26). The van der Waals surface area contributed by atoms with E-state index in [4.69, 9.17) is 0 Å². The molecule has 0 radical (unpaired) electrons. The molecule has 0 aliphatic rings. The number of carbonyl (C=O) groups is 1. The van der Waals surface area contributed by atoms with Crippen LogP contribution in [0.15, 0.2) is 89.8 Å². The van der Waals surface area contributed by atoms with Gasteiger partial charge in [0.05, 0.1) is 16.6 Å². The molecule has 3 rings (SSSR count). The van der Waals surface area contributed by atoms with Crippen molar-refractivity contribution < 1.29 is 13.2 Å². The van der Waals surface area contributed by atoms with E-state index in [-0.39, 0.29) is 23.4 Å². The Kier molecular flexibility index (Phi) is 6.34. The summed E-state index contributed by atoms with van der Waals surface area (Å²) in [6.45, 7) is 3.57. The van der Waals surface area contributed by atoms with Gasteiger partial charge in [-0.25, -0.2) is 8.42 Å². The first kappa shape index (κ1) is 20.6. The van der Waals surface area contributed by atoms with Gasteiger partial charge in [0.1, 0.15) is 6.54 Å². The van der Waals surface area contributed by atoms with Gasteiger partial charge in [-0.1, -0.05) is 66.2 Å². The lowest BCUT2D eigenvalue weighted by Gasteiger charge is -2.25. The van der Waals surface area contributed by atoms with E-state index in [1.54, 1.807) is 48.5 Å². The molecular weight excluding hydrogens is 384 g/mol. The number of carbonyl (C=O) groups excluding carboxylic acids is 1. The highest BCUT2D eigenvalue weighted by atomic mass is 32.2. The van der Waals surface area contributed by atoms with Crippen molar-refractivity contribution in [3.8, 4) is 0 Å². The summed E-state index contributed by atoms with van der Waals surface area (Å²) in [4.78, 5) is 12.9. The van der Waals surface area contributed by atoms with E-state index in [9.17, 15) is 13.2 Å². The molecule has 0 saturated carbocycles. The van der Waals surface area contributed by atoms with Crippen molar-refractivity contribution in [1.29, 1.82) is 0 Å². The van der Waals surface area contributed by atoms with Gasteiger partial charge in [-0.3, -0.25) is 9.10 Å². The van der Waals surface area contributed by atoms with Gasteiger partial charge >= 0.3 is 0 Å². The zero-order valence-electron chi connectivity index (χ0n) is 16.4. The highest BCUT2D eigenvalue weighted by Gasteiger charge is 2.27. The number of aryl methyl sites for hydroxylation is 1. The van der Waals surface area contributed by atoms with Gasteiger partial charge in [-0.15, -0.1) is 0 Å². The zero-order chi connectivity index (χ0) is 20.9. The maximum Gasteiger partial charge on any atom is 0.264 e. The van der Waals surface area contributed by atoms with E-state index in [1.165, 1.54) is 12.1 Å². The van der Waals surface area contributed by atoms with Gasteiger partial charge in [0.25, 0.3) is 10.0 Å². The summed E-state index contributed by atoms with van der Waals surface area (Å²) in [5, 5.41) is 2.89. The molecular formula is C23H24N2O3S. The minimum absolute atomic E-state index is 0.142. The number of rotatable bonds is 7. The quantitative estimate of drug-likeness (QED) is 0.641. The molecule has 3 aromatic rings. The van der Waals surface area contributed by atoms with Gasteiger partial charge in [0.2, 0.25) is 5.91 Å². The molecule has 0 aliphatic carbocycles. The Morgan fingerprint density at radius 2 is 1.45 bits per heavy atom. The van der Waals surface area contributed by atoms with E-state index in [0.717, 1.165) is 15.4 Å². The fourth-order valence-electron chi connectivity index (χ4n) is 2.99. The predicted octanol–water partition coefficient (Wildman–Crippen LogP) is 4.07. The van der Waals surface area contributed by atoms with Crippen LogP contribution in [0.4, 0.5) is 5.69 Å². The first-order valence-electron chi connectivity index (χ1n) is 9.36. The minimum Gasteiger partial charge on any atom is -0.348 e. The maximum atomic E-state index is 13.2. The number of anilines is 1. The number of amides is 1. The van der Waals surface area contributed by atoms with Crippen molar-refractivity contribution in [1.82, 2.24) is 5.32 Å². The third-order valence-corrected chi connectivity index (χ3v) is 6.41. The number of nitrogens with one attached hydrogen (secondary N) is 1. The van der Waals surface area contributed by atoms with Gasteiger partial charge in [0.15, 0.2) is 0 Å². The second kappa shape index (κ2) is 8.92. The average molecular weight is 409 g/mol. The predicted molar refractivity (Wildman–Crippen MR) is 115 cm³/mol. The summed E-state index contributed by atoms with van der Waals surface area (Å²) in [5.41, 5.74) is 2.53. The number of hydrogen-bond acceptors (Lipinski definition) is 3. The Bertz CT molecular complexity index is 1050. The van der Waals surface area contributed by atoms with Gasteiger partial charge in [0, 0.05) is 0 Å². The SMILES string of the molecule is Cc1ccc(C(C)NC(=O)CN(c2ccccc2)S(=O)(=O)c2ccccc2)cc1. The smallest absolute Gasteiger partial charge is 0.264 e. The van der Waals surface area contributed by atoms with Crippen LogP contribution < -0.4 is 9.62 Å². The van der Waals surface area contributed by atoms with Crippen LogP contribution in [0.5, 0.6) is 0 Å². The molecule has 1 amide bonds. The Hall–Kier alpha value is -3.12. The van der Waals surface area contributed by atoms with E-state index >= 15 is 0 Å². The van der Waals surface area contributed by atoms with Crippen molar-refractivity contribution in [2.45, 2.75) is 24.8 Å². The Morgan fingerprint density at radius 3 is 2.03 bits per heavy atom. The second-order valence-electron chi connectivity index (χ2n) is 6.86. The molecule has 0 heterocycles. The van der Waals surface area contributed by atoms with E-state index in [0.29, 0.717) is 5.69 Å². The van der Waals surface area contributed by atoms with Crippen molar-refractivity contribution in [3.05, 3.63) is 96.1 Å². The Labute approximate surface area is 172 Å².